The molecule has 0 bridgehead atoms. The predicted octanol–water partition coefficient (Wildman–Crippen LogP) is 1.82. The van der Waals surface area contributed by atoms with Crippen molar-refractivity contribution in [2.45, 2.75) is 6.54 Å². The molecule has 3 rings (SSSR count). The van der Waals surface area contributed by atoms with Crippen molar-refractivity contribution in [2.24, 2.45) is 0 Å². The quantitative estimate of drug-likeness (QED) is 0.857. The van der Waals surface area contributed by atoms with E-state index in [9.17, 15) is 9.59 Å². The summed E-state index contributed by atoms with van der Waals surface area (Å²) in [6.07, 6.45) is 0. The summed E-state index contributed by atoms with van der Waals surface area (Å²) in [4.78, 5) is 32.3. The Bertz CT molecular complexity index is 851. The highest BCUT2D eigenvalue weighted by molar-refractivity contribution is 7.18. The van der Waals surface area contributed by atoms with E-state index in [4.69, 9.17) is 9.47 Å². The highest BCUT2D eigenvalue weighted by Crippen LogP contribution is 2.33. The number of carbonyl (C=O) groups excluding carboxylic acids is 2. The van der Waals surface area contributed by atoms with E-state index < -0.39 is 0 Å². The number of aromatic nitrogens is 1. The van der Waals surface area contributed by atoms with Gasteiger partial charge in [-0.25, -0.2) is 4.98 Å². The fourth-order valence-electron chi connectivity index (χ4n) is 2.60. The summed E-state index contributed by atoms with van der Waals surface area (Å²) in [7, 11) is 6.43. The Balaban J connectivity index is 1.83. The van der Waals surface area contributed by atoms with Crippen LogP contribution in [0.5, 0.6) is 11.5 Å². The minimum absolute atomic E-state index is 0.0459. The second kappa shape index (κ2) is 7.20. The van der Waals surface area contributed by atoms with Gasteiger partial charge in [0.15, 0.2) is 10.9 Å². The lowest BCUT2D eigenvalue weighted by Crippen LogP contribution is -2.35. The van der Waals surface area contributed by atoms with E-state index in [1.54, 1.807) is 34.4 Å². The van der Waals surface area contributed by atoms with Crippen molar-refractivity contribution in [3.05, 3.63) is 28.6 Å². The molecule has 2 aromatic rings. The Hall–Kier alpha value is -2.81. The first-order valence-electron chi connectivity index (χ1n) is 7.92. The minimum atomic E-state index is -0.203. The Morgan fingerprint density at radius 2 is 2.00 bits per heavy atom. The van der Waals surface area contributed by atoms with Crippen molar-refractivity contribution >= 4 is 34.1 Å². The van der Waals surface area contributed by atoms with Crippen LogP contribution in [0, 0.1) is 0 Å². The molecule has 1 aliphatic heterocycles. The average molecular weight is 376 g/mol. The summed E-state index contributed by atoms with van der Waals surface area (Å²) in [5.41, 5.74) is 0.923. The van der Waals surface area contributed by atoms with Gasteiger partial charge < -0.3 is 19.7 Å². The topological polar surface area (TPSA) is 84.0 Å². The highest BCUT2D eigenvalue weighted by Gasteiger charge is 2.31. The molecule has 0 saturated carbocycles. The van der Waals surface area contributed by atoms with Crippen molar-refractivity contribution in [2.75, 3.05) is 45.1 Å². The SMILES string of the molecule is COc1ccc(CNc2nc3c(s2)C(=O)N(C)CC(=O)N3C)c(OC)c1. The van der Waals surface area contributed by atoms with E-state index in [1.807, 2.05) is 12.1 Å². The maximum atomic E-state index is 12.4. The van der Waals surface area contributed by atoms with Gasteiger partial charge in [0.05, 0.1) is 14.2 Å². The summed E-state index contributed by atoms with van der Waals surface area (Å²) in [5.74, 6) is 1.41. The fraction of sp³-hybridized carbons (Fsp3) is 0.353. The number of nitrogens with one attached hydrogen (secondary N) is 1. The van der Waals surface area contributed by atoms with Crippen molar-refractivity contribution in [1.29, 1.82) is 0 Å². The Kier molecular flexibility index (Phi) is 4.99. The van der Waals surface area contributed by atoms with Crippen LogP contribution in [-0.4, -0.2) is 56.6 Å². The van der Waals surface area contributed by atoms with Gasteiger partial charge in [-0.15, -0.1) is 0 Å². The fourth-order valence-corrected chi connectivity index (χ4v) is 3.58. The summed E-state index contributed by atoms with van der Waals surface area (Å²) in [5, 5.41) is 3.77. The number of likely N-dealkylation sites (N-methyl/N-ethyl adjacent to an activating group) is 2. The van der Waals surface area contributed by atoms with Gasteiger partial charge in [0, 0.05) is 32.3 Å². The van der Waals surface area contributed by atoms with E-state index in [-0.39, 0.29) is 18.4 Å². The third kappa shape index (κ3) is 3.30. The molecule has 2 heterocycles. The largest absolute Gasteiger partial charge is 0.497 e. The maximum absolute atomic E-state index is 12.4. The molecule has 2 amide bonds. The molecule has 8 nitrogen and oxygen atoms in total. The van der Waals surface area contributed by atoms with Crippen LogP contribution in [0.3, 0.4) is 0 Å². The number of amides is 2. The summed E-state index contributed by atoms with van der Waals surface area (Å²) in [6.45, 7) is 0.505. The van der Waals surface area contributed by atoms with Crippen molar-refractivity contribution in [3.63, 3.8) is 0 Å². The van der Waals surface area contributed by atoms with Gasteiger partial charge in [0.25, 0.3) is 5.91 Å². The number of fused-ring (bicyclic) bond motifs is 1. The number of rotatable bonds is 5. The first kappa shape index (κ1) is 18.0. The molecule has 0 atom stereocenters. The Morgan fingerprint density at radius 3 is 2.69 bits per heavy atom. The van der Waals surface area contributed by atoms with Gasteiger partial charge in [0.2, 0.25) is 5.91 Å². The first-order chi connectivity index (χ1) is 12.4. The number of nitrogens with zero attached hydrogens (tertiary/aromatic N) is 3. The zero-order valence-electron chi connectivity index (χ0n) is 15.0. The predicted molar refractivity (Wildman–Crippen MR) is 99.4 cm³/mol. The zero-order chi connectivity index (χ0) is 18.8. The Labute approximate surface area is 155 Å². The van der Waals surface area contributed by atoms with Crippen molar-refractivity contribution in [1.82, 2.24) is 9.88 Å². The smallest absolute Gasteiger partial charge is 0.268 e. The monoisotopic (exact) mass is 376 g/mol. The van der Waals surface area contributed by atoms with Crippen LogP contribution < -0.4 is 19.7 Å². The van der Waals surface area contributed by atoms with E-state index in [0.29, 0.717) is 33.9 Å². The van der Waals surface area contributed by atoms with E-state index >= 15 is 0 Å². The van der Waals surface area contributed by atoms with E-state index in [1.165, 1.54) is 21.1 Å². The molecule has 9 heteroatoms. The van der Waals surface area contributed by atoms with Crippen LogP contribution in [0.25, 0.3) is 0 Å². The zero-order valence-corrected chi connectivity index (χ0v) is 15.8. The lowest BCUT2D eigenvalue weighted by molar-refractivity contribution is -0.118. The molecule has 0 spiro atoms. The molecular weight excluding hydrogens is 356 g/mol. The van der Waals surface area contributed by atoms with Crippen LogP contribution in [0.4, 0.5) is 10.9 Å². The molecule has 0 radical (unpaired) electrons. The average Bonchev–Trinajstić information content (AvgIpc) is 3.06. The van der Waals surface area contributed by atoms with Gasteiger partial charge in [-0.1, -0.05) is 11.3 Å². The molecule has 1 aromatic carbocycles. The van der Waals surface area contributed by atoms with Crippen LogP contribution >= 0.6 is 11.3 Å². The van der Waals surface area contributed by atoms with E-state index in [0.717, 1.165) is 5.56 Å². The Morgan fingerprint density at radius 1 is 1.23 bits per heavy atom. The van der Waals surface area contributed by atoms with Crippen LogP contribution in [-0.2, 0) is 11.3 Å². The van der Waals surface area contributed by atoms with Gasteiger partial charge in [0.1, 0.15) is 22.9 Å². The summed E-state index contributed by atoms with van der Waals surface area (Å²) in [6, 6.07) is 5.55. The molecule has 1 N–H and O–H groups in total. The number of benzene rings is 1. The normalized spacial score (nSPS) is 14.2. The number of thiazole rings is 1. The number of carbonyl (C=O) groups is 2. The lowest BCUT2D eigenvalue weighted by Gasteiger charge is -2.14. The number of methoxy groups -OCH3 is 2. The molecule has 0 aliphatic carbocycles. The molecule has 0 saturated heterocycles. The van der Waals surface area contributed by atoms with Crippen molar-refractivity contribution in [3.8, 4) is 11.5 Å². The first-order valence-corrected chi connectivity index (χ1v) is 8.74. The summed E-state index contributed by atoms with van der Waals surface area (Å²) < 4.78 is 10.6. The van der Waals surface area contributed by atoms with Gasteiger partial charge >= 0.3 is 0 Å². The molecule has 0 unspecified atom stereocenters. The standard InChI is InChI=1S/C17H20N4O4S/c1-20-9-13(22)21(2)15-14(16(20)23)26-17(19-15)18-8-10-5-6-11(24-3)7-12(10)25-4/h5-7H,8-9H2,1-4H3,(H,18,19). The molecular formula is C17H20N4O4S. The highest BCUT2D eigenvalue weighted by atomic mass is 32.1. The third-order valence-corrected chi connectivity index (χ3v) is 5.13. The van der Waals surface area contributed by atoms with Gasteiger partial charge in [-0.2, -0.15) is 0 Å². The number of anilines is 2. The van der Waals surface area contributed by atoms with Crippen LogP contribution in [0.2, 0.25) is 0 Å². The second-order valence-corrected chi connectivity index (χ2v) is 6.82. The third-order valence-electron chi connectivity index (χ3n) is 4.14. The number of hydrogen-bond donors (Lipinski definition) is 1. The second-order valence-electron chi connectivity index (χ2n) is 5.82. The van der Waals surface area contributed by atoms with Gasteiger partial charge in [-0.05, 0) is 12.1 Å². The maximum Gasteiger partial charge on any atom is 0.268 e. The molecule has 1 aromatic heterocycles. The number of ether oxygens (including phenoxy) is 2. The molecule has 138 valence electrons. The van der Waals surface area contributed by atoms with Crippen LogP contribution in [0.1, 0.15) is 15.2 Å². The minimum Gasteiger partial charge on any atom is -0.497 e. The van der Waals surface area contributed by atoms with E-state index in [2.05, 4.69) is 10.3 Å². The molecule has 0 fully saturated rings. The lowest BCUT2D eigenvalue weighted by atomic mass is 10.2. The summed E-state index contributed by atoms with van der Waals surface area (Å²) >= 11 is 1.23. The van der Waals surface area contributed by atoms with Gasteiger partial charge in [-0.3, -0.25) is 14.5 Å². The van der Waals surface area contributed by atoms with Crippen LogP contribution in [0.15, 0.2) is 18.2 Å². The molecule has 26 heavy (non-hydrogen) atoms. The number of hydrogen-bond acceptors (Lipinski definition) is 7. The van der Waals surface area contributed by atoms with Crippen molar-refractivity contribution < 1.29 is 19.1 Å². The molecule has 1 aliphatic rings.